The molecule has 0 bridgehead atoms. The molecule has 5 nitrogen and oxygen atoms in total. The van der Waals surface area contributed by atoms with Gasteiger partial charge >= 0.3 is 12.0 Å². The van der Waals surface area contributed by atoms with Crippen molar-refractivity contribution in [1.82, 2.24) is 10.6 Å². The summed E-state index contributed by atoms with van der Waals surface area (Å²) in [6.45, 7) is 1.82. The third kappa shape index (κ3) is 5.36. The minimum Gasteiger partial charge on any atom is -0.481 e. The molecule has 0 aliphatic heterocycles. The molecule has 0 aliphatic rings. The first kappa shape index (κ1) is 15.6. The van der Waals surface area contributed by atoms with Gasteiger partial charge in [-0.2, -0.15) is 0 Å². The van der Waals surface area contributed by atoms with Crippen LogP contribution >= 0.6 is 23.2 Å². The lowest BCUT2D eigenvalue weighted by Crippen LogP contribution is -2.38. The zero-order valence-electron chi connectivity index (χ0n) is 10.2. The summed E-state index contributed by atoms with van der Waals surface area (Å²) in [6, 6.07) is 4.19. The molecule has 0 heterocycles. The lowest BCUT2D eigenvalue weighted by atomic mass is 10.1. The minimum atomic E-state index is -0.966. The van der Waals surface area contributed by atoms with Crippen LogP contribution in [0.25, 0.3) is 0 Å². The second-order valence-corrected chi connectivity index (χ2v) is 4.78. The normalized spacial score (nSPS) is 11.7. The molecule has 0 unspecified atom stereocenters. The molecule has 1 aromatic rings. The Bertz CT molecular complexity index is 480. The molecule has 1 aromatic carbocycles. The second kappa shape index (κ2) is 7.21. The van der Waals surface area contributed by atoms with E-state index in [1.807, 2.05) is 0 Å². The Kier molecular flexibility index (Phi) is 5.92. The van der Waals surface area contributed by atoms with Crippen LogP contribution in [0.15, 0.2) is 18.2 Å². The molecular weight excluding hydrogens is 291 g/mol. The quantitative estimate of drug-likeness (QED) is 0.782. The number of aliphatic carboxylic acids is 1. The van der Waals surface area contributed by atoms with Gasteiger partial charge in [-0.1, -0.05) is 23.2 Å². The van der Waals surface area contributed by atoms with E-state index >= 15 is 0 Å². The highest BCUT2D eigenvalue weighted by atomic mass is 35.5. The lowest BCUT2D eigenvalue weighted by molar-refractivity contribution is -0.136. The molecule has 0 spiro atoms. The maximum atomic E-state index is 11.5. The Morgan fingerprint density at radius 1 is 1.37 bits per heavy atom. The smallest absolute Gasteiger partial charge is 0.315 e. The highest BCUT2D eigenvalue weighted by molar-refractivity contribution is 6.33. The average molecular weight is 305 g/mol. The summed E-state index contributed by atoms with van der Waals surface area (Å²) in [7, 11) is 0. The molecule has 0 fully saturated rings. The van der Waals surface area contributed by atoms with Gasteiger partial charge in [0.05, 0.1) is 12.5 Å². The Hall–Kier alpha value is -1.46. The first-order valence-electron chi connectivity index (χ1n) is 5.61. The molecule has 2 amide bonds. The Balaban J connectivity index is 2.54. The highest BCUT2D eigenvalue weighted by Gasteiger charge is 2.13. The zero-order valence-corrected chi connectivity index (χ0v) is 11.8. The van der Waals surface area contributed by atoms with E-state index in [9.17, 15) is 9.59 Å². The standard InChI is InChI=1S/C12H14Cl2N2O3/c1-7(9-6-8(13)2-3-10(9)14)16-12(19)15-5-4-11(17)18/h2-3,6-7H,4-5H2,1H3,(H,17,18)(H2,15,16,19)/t7-/m1/s1. The third-order valence-corrected chi connectivity index (χ3v) is 2.98. The number of hydrogen-bond donors (Lipinski definition) is 3. The molecule has 1 atom stereocenters. The number of hydrogen-bond acceptors (Lipinski definition) is 2. The van der Waals surface area contributed by atoms with Crippen molar-refractivity contribution in [3.63, 3.8) is 0 Å². The van der Waals surface area contributed by atoms with E-state index in [1.54, 1.807) is 25.1 Å². The van der Waals surface area contributed by atoms with Crippen molar-refractivity contribution < 1.29 is 14.7 Å². The fraction of sp³-hybridized carbons (Fsp3) is 0.333. The van der Waals surface area contributed by atoms with Gasteiger partial charge in [-0.15, -0.1) is 0 Å². The molecule has 104 valence electrons. The van der Waals surface area contributed by atoms with Gasteiger partial charge < -0.3 is 15.7 Å². The van der Waals surface area contributed by atoms with Gasteiger partial charge in [-0.3, -0.25) is 4.79 Å². The van der Waals surface area contributed by atoms with E-state index in [2.05, 4.69) is 10.6 Å². The van der Waals surface area contributed by atoms with E-state index in [1.165, 1.54) is 0 Å². The van der Waals surface area contributed by atoms with Crippen LogP contribution in [0.5, 0.6) is 0 Å². The summed E-state index contributed by atoms with van der Waals surface area (Å²) in [6.07, 6.45) is -0.125. The van der Waals surface area contributed by atoms with Gasteiger partial charge in [-0.25, -0.2) is 4.79 Å². The Morgan fingerprint density at radius 2 is 2.05 bits per heavy atom. The van der Waals surface area contributed by atoms with Gasteiger partial charge in [0.15, 0.2) is 0 Å². The van der Waals surface area contributed by atoms with E-state index < -0.39 is 12.0 Å². The molecule has 0 aromatic heterocycles. The number of carbonyl (C=O) groups excluding carboxylic acids is 1. The molecule has 3 N–H and O–H groups in total. The molecule has 1 rings (SSSR count). The van der Waals surface area contributed by atoms with Gasteiger partial charge in [0.2, 0.25) is 0 Å². The highest BCUT2D eigenvalue weighted by Crippen LogP contribution is 2.25. The van der Waals surface area contributed by atoms with Crippen LogP contribution < -0.4 is 10.6 Å². The van der Waals surface area contributed by atoms with E-state index in [-0.39, 0.29) is 19.0 Å². The molecule has 19 heavy (non-hydrogen) atoms. The molecule has 0 saturated heterocycles. The van der Waals surface area contributed by atoms with E-state index in [0.717, 1.165) is 0 Å². The maximum Gasteiger partial charge on any atom is 0.315 e. The van der Waals surface area contributed by atoms with Gasteiger partial charge in [0, 0.05) is 16.6 Å². The summed E-state index contributed by atoms with van der Waals surface area (Å²) < 4.78 is 0. The average Bonchev–Trinajstić information content (AvgIpc) is 2.31. The number of carboxylic acid groups (broad SMARTS) is 1. The van der Waals surface area contributed by atoms with Gasteiger partial charge in [0.25, 0.3) is 0 Å². The lowest BCUT2D eigenvalue weighted by Gasteiger charge is -2.16. The maximum absolute atomic E-state index is 11.5. The van der Waals surface area contributed by atoms with Crippen molar-refractivity contribution in [3.8, 4) is 0 Å². The molecule has 0 radical (unpaired) electrons. The van der Waals surface area contributed by atoms with Crippen LogP contribution in [0.3, 0.4) is 0 Å². The summed E-state index contributed by atoms with van der Waals surface area (Å²) >= 11 is 11.9. The molecule has 0 aliphatic carbocycles. The number of nitrogens with one attached hydrogen (secondary N) is 2. The summed E-state index contributed by atoms with van der Waals surface area (Å²) in [4.78, 5) is 21.8. The Labute approximate surface area is 120 Å². The summed E-state index contributed by atoms with van der Waals surface area (Å²) in [5.41, 5.74) is 0.697. The van der Waals surface area contributed by atoms with E-state index in [0.29, 0.717) is 15.6 Å². The molecular formula is C12H14Cl2N2O3. The topological polar surface area (TPSA) is 78.4 Å². The van der Waals surface area contributed by atoms with Crippen molar-refractivity contribution in [2.45, 2.75) is 19.4 Å². The van der Waals surface area contributed by atoms with Crippen LogP contribution in [0.1, 0.15) is 24.9 Å². The van der Waals surface area contributed by atoms with Gasteiger partial charge in [0.1, 0.15) is 0 Å². The monoisotopic (exact) mass is 304 g/mol. The van der Waals surface area contributed by atoms with E-state index in [4.69, 9.17) is 28.3 Å². The van der Waals surface area contributed by atoms with Crippen LogP contribution in [0.2, 0.25) is 10.0 Å². The van der Waals surface area contributed by atoms with Crippen LogP contribution in [0.4, 0.5) is 4.79 Å². The Morgan fingerprint density at radius 3 is 2.68 bits per heavy atom. The van der Waals surface area contributed by atoms with Crippen molar-refractivity contribution >= 4 is 35.2 Å². The predicted molar refractivity (Wildman–Crippen MR) is 73.7 cm³/mol. The summed E-state index contributed by atoms with van der Waals surface area (Å²) in [5, 5.41) is 14.6. The number of halogens is 2. The number of carboxylic acids is 1. The SMILES string of the molecule is C[C@@H](NC(=O)NCCC(=O)O)c1cc(Cl)ccc1Cl. The first-order chi connectivity index (χ1) is 8.90. The zero-order chi connectivity index (χ0) is 14.4. The van der Waals surface area contributed by atoms with Crippen molar-refractivity contribution in [2.75, 3.05) is 6.54 Å². The number of urea groups is 1. The first-order valence-corrected chi connectivity index (χ1v) is 6.37. The molecule has 0 saturated carbocycles. The van der Waals surface area contributed by atoms with Gasteiger partial charge in [-0.05, 0) is 30.7 Å². The molecule has 7 heteroatoms. The van der Waals surface area contributed by atoms with Crippen LogP contribution in [-0.4, -0.2) is 23.7 Å². The van der Waals surface area contributed by atoms with Crippen molar-refractivity contribution in [2.24, 2.45) is 0 Å². The number of benzene rings is 1. The second-order valence-electron chi connectivity index (χ2n) is 3.93. The minimum absolute atomic E-state index is 0.0666. The summed E-state index contributed by atoms with van der Waals surface area (Å²) in [5.74, 6) is -0.966. The number of amides is 2. The fourth-order valence-corrected chi connectivity index (χ4v) is 1.92. The largest absolute Gasteiger partial charge is 0.481 e. The van der Waals surface area contributed by atoms with Crippen LogP contribution in [0, 0.1) is 0 Å². The fourth-order valence-electron chi connectivity index (χ4n) is 1.45. The number of carbonyl (C=O) groups is 2. The number of rotatable bonds is 5. The van der Waals surface area contributed by atoms with Crippen LogP contribution in [-0.2, 0) is 4.79 Å². The van der Waals surface area contributed by atoms with Crippen molar-refractivity contribution in [3.05, 3.63) is 33.8 Å². The third-order valence-electron chi connectivity index (χ3n) is 2.40. The van der Waals surface area contributed by atoms with Crippen molar-refractivity contribution in [1.29, 1.82) is 0 Å². The predicted octanol–water partition coefficient (Wildman–Crippen LogP) is 2.83.